The molecule has 2 atom stereocenters. The van der Waals surface area contributed by atoms with Gasteiger partial charge in [-0.3, -0.25) is 0 Å². The Bertz CT molecular complexity index is 374. The van der Waals surface area contributed by atoms with Crippen LogP contribution < -0.4 is 0 Å². The van der Waals surface area contributed by atoms with Gasteiger partial charge in [0.25, 0.3) is 0 Å². The predicted molar refractivity (Wildman–Crippen MR) is 76.4 cm³/mol. The zero-order valence-corrected chi connectivity index (χ0v) is 12.7. The zero-order valence-electron chi connectivity index (χ0n) is 11.9. The molecule has 112 valence electrons. The lowest BCUT2D eigenvalue weighted by atomic mass is 10.1. The molecule has 0 radical (unpaired) electrons. The topological polar surface area (TPSA) is 57.6 Å². The van der Waals surface area contributed by atoms with E-state index in [-0.39, 0.29) is 11.3 Å². The average molecular weight is 289 g/mol. The van der Waals surface area contributed by atoms with Crippen LogP contribution in [0.25, 0.3) is 0 Å². The predicted octanol–water partition coefficient (Wildman–Crippen LogP) is 2.27. The van der Waals surface area contributed by atoms with E-state index in [1.165, 1.54) is 0 Å². The van der Waals surface area contributed by atoms with Crippen molar-refractivity contribution in [3.05, 3.63) is 0 Å². The number of hydrogen-bond acceptors (Lipinski definition) is 3. The van der Waals surface area contributed by atoms with Crippen molar-refractivity contribution in [3.63, 3.8) is 0 Å². The van der Waals surface area contributed by atoms with Crippen molar-refractivity contribution >= 4 is 10.0 Å². The second-order valence-corrected chi connectivity index (χ2v) is 8.32. The molecule has 2 rings (SSSR count). The molecule has 2 unspecified atom stereocenters. The molecule has 4 nitrogen and oxygen atoms in total. The molecule has 1 heterocycles. The fraction of sp³-hybridized carbons (Fsp3) is 1.00. The molecule has 0 amide bonds. The lowest BCUT2D eigenvalue weighted by molar-refractivity contribution is 0.146. The molecule has 0 spiro atoms. The summed E-state index contributed by atoms with van der Waals surface area (Å²) >= 11 is 0. The number of nitrogens with zero attached hydrogens (tertiary/aromatic N) is 1. The lowest BCUT2D eigenvalue weighted by Gasteiger charge is -2.32. The summed E-state index contributed by atoms with van der Waals surface area (Å²) in [4.78, 5) is 0. The third kappa shape index (κ3) is 3.70. The van der Waals surface area contributed by atoms with Crippen LogP contribution in [0.3, 0.4) is 0 Å². The molecule has 1 aliphatic heterocycles. The first-order valence-corrected chi connectivity index (χ1v) is 9.21. The van der Waals surface area contributed by atoms with Crippen molar-refractivity contribution in [1.29, 1.82) is 0 Å². The Balaban J connectivity index is 2.16. The van der Waals surface area contributed by atoms with Gasteiger partial charge in [0, 0.05) is 12.6 Å². The van der Waals surface area contributed by atoms with E-state index in [1.54, 1.807) is 11.2 Å². The van der Waals surface area contributed by atoms with E-state index in [0.717, 1.165) is 51.4 Å². The SMILES string of the molecule is CC(O)CC1CCCCCN1S(=O)(=O)C1CCCC1. The monoisotopic (exact) mass is 289 g/mol. The summed E-state index contributed by atoms with van der Waals surface area (Å²) in [5.41, 5.74) is 0. The number of rotatable bonds is 4. The molecular formula is C14H27NO3S. The molecule has 2 fully saturated rings. The third-order valence-electron chi connectivity index (χ3n) is 4.49. The van der Waals surface area contributed by atoms with Crippen LogP contribution in [0.4, 0.5) is 0 Å². The van der Waals surface area contributed by atoms with Gasteiger partial charge in [-0.15, -0.1) is 0 Å². The van der Waals surface area contributed by atoms with E-state index < -0.39 is 16.1 Å². The fourth-order valence-electron chi connectivity index (χ4n) is 3.49. The van der Waals surface area contributed by atoms with Gasteiger partial charge in [-0.2, -0.15) is 4.31 Å². The van der Waals surface area contributed by atoms with Crippen molar-refractivity contribution in [2.24, 2.45) is 0 Å². The number of sulfonamides is 1. The van der Waals surface area contributed by atoms with Gasteiger partial charge in [-0.05, 0) is 39.0 Å². The Morgan fingerprint density at radius 3 is 2.37 bits per heavy atom. The van der Waals surface area contributed by atoms with Crippen LogP contribution in [0.1, 0.15) is 64.7 Å². The summed E-state index contributed by atoms with van der Waals surface area (Å²) in [5, 5.41) is 9.46. The third-order valence-corrected chi connectivity index (χ3v) is 6.93. The van der Waals surface area contributed by atoms with E-state index in [9.17, 15) is 13.5 Å². The molecule has 1 N–H and O–H groups in total. The van der Waals surface area contributed by atoms with Gasteiger partial charge in [0.15, 0.2) is 0 Å². The minimum absolute atomic E-state index is 0.00750. The molecule has 0 aromatic rings. The maximum absolute atomic E-state index is 12.8. The van der Waals surface area contributed by atoms with Crippen LogP contribution in [-0.4, -0.2) is 41.8 Å². The molecule has 1 aliphatic carbocycles. The lowest BCUT2D eigenvalue weighted by Crippen LogP contribution is -2.45. The van der Waals surface area contributed by atoms with Crippen molar-refractivity contribution in [1.82, 2.24) is 4.31 Å². The highest BCUT2D eigenvalue weighted by molar-refractivity contribution is 7.89. The van der Waals surface area contributed by atoms with E-state index in [4.69, 9.17) is 0 Å². The van der Waals surface area contributed by atoms with Crippen LogP contribution in [0.15, 0.2) is 0 Å². The highest BCUT2D eigenvalue weighted by Gasteiger charge is 2.38. The van der Waals surface area contributed by atoms with Crippen molar-refractivity contribution in [2.75, 3.05) is 6.54 Å². The van der Waals surface area contributed by atoms with Crippen molar-refractivity contribution < 1.29 is 13.5 Å². The van der Waals surface area contributed by atoms with Crippen molar-refractivity contribution in [2.45, 2.75) is 82.1 Å². The Hall–Kier alpha value is -0.130. The number of aliphatic hydroxyl groups excluding tert-OH is 1. The molecule has 2 aliphatic rings. The normalized spacial score (nSPS) is 29.3. The zero-order chi connectivity index (χ0) is 13.9. The fourth-order valence-corrected chi connectivity index (χ4v) is 5.80. The summed E-state index contributed by atoms with van der Waals surface area (Å²) in [5.74, 6) is 0. The highest BCUT2D eigenvalue weighted by atomic mass is 32.2. The Morgan fingerprint density at radius 1 is 1.11 bits per heavy atom. The quantitative estimate of drug-likeness (QED) is 0.864. The highest BCUT2D eigenvalue weighted by Crippen LogP contribution is 2.31. The Morgan fingerprint density at radius 2 is 1.74 bits per heavy atom. The summed E-state index contributed by atoms with van der Waals surface area (Å²) in [7, 11) is -3.16. The van der Waals surface area contributed by atoms with Gasteiger partial charge < -0.3 is 5.11 Å². The second kappa shape index (κ2) is 6.55. The molecule has 19 heavy (non-hydrogen) atoms. The molecule has 0 aromatic heterocycles. The van der Waals surface area contributed by atoms with Crippen LogP contribution in [0.5, 0.6) is 0 Å². The minimum Gasteiger partial charge on any atom is -0.393 e. The molecule has 5 heteroatoms. The maximum atomic E-state index is 12.8. The smallest absolute Gasteiger partial charge is 0.217 e. The molecule has 0 bridgehead atoms. The minimum atomic E-state index is -3.16. The van der Waals surface area contributed by atoms with Gasteiger partial charge >= 0.3 is 0 Å². The number of aliphatic hydroxyl groups is 1. The largest absolute Gasteiger partial charge is 0.393 e. The average Bonchev–Trinajstić information content (AvgIpc) is 2.77. The Labute approximate surface area is 117 Å². The summed E-state index contributed by atoms with van der Waals surface area (Å²) in [6, 6.07) is 0.00750. The summed E-state index contributed by atoms with van der Waals surface area (Å²) < 4.78 is 27.3. The van der Waals surface area contributed by atoms with Crippen molar-refractivity contribution in [3.8, 4) is 0 Å². The molecular weight excluding hydrogens is 262 g/mol. The Kier molecular flexibility index (Phi) is 5.26. The van der Waals surface area contributed by atoms with Gasteiger partial charge in [-0.1, -0.05) is 25.7 Å². The van der Waals surface area contributed by atoms with Crippen LogP contribution >= 0.6 is 0 Å². The van der Waals surface area contributed by atoms with Gasteiger partial charge in [0.1, 0.15) is 0 Å². The van der Waals surface area contributed by atoms with Gasteiger partial charge in [0.05, 0.1) is 11.4 Å². The molecule has 1 saturated heterocycles. The van der Waals surface area contributed by atoms with E-state index in [0.29, 0.717) is 13.0 Å². The first-order valence-electron chi connectivity index (χ1n) is 7.70. The standard InChI is InChI=1S/C14H27NO3S/c1-12(16)11-13-7-3-2-6-10-15(13)19(17,18)14-8-4-5-9-14/h12-14,16H,2-11H2,1H3. The first kappa shape index (κ1) is 15.3. The van der Waals surface area contributed by atoms with E-state index in [2.05, 4.69) is 0 Å². The first-order chi connectivity index (χ1) is 9.01. The maximum Gasteiger partial charge on any atom is 0.217 e. The van der Waals surface area contributed by atoms with Gasteiger partial charge in [0.2, 0.25) is 10.0 Å². The van der Waals surface area contributed by atoms with Crippen LogP contribution in [0, 0.1) is 0 Å². The number of hydrogen-bond donors (Lipinski definition) is 1. The molecule has 0 aromatic carbocycles. The summed E-state index contributed by atoms with van der Waals surface area (Å²) in [6.45, 7) is 2.40. The van der Waals surface area contributed by atoms with E-state index in [1.807, 2.05) is 0 Å². The second-order valence-electron chi connectivity index (χ2n) is 6.15. The molecule has 1 saturated carbocycles. The van der Waals surface area contributed by atoms with Crippen LogP contribution in [0.2, 0.25) is 0 Å². The van der Waals surface area contributed by atoms with Gasteiger partial charge in [-0.25, -0.2) is 8.42 Å². The van der Waals surface area contributed by atoms with Crippen LogP contribution in [-0.2, 0) is 10.0 Å². The van der Waals surface area contributed by atoms with E-state index >= 15 is 0 Å². The summed E-state index contributed by atoms with van der Waals surface area (Å²) in [6.07, 6.45) is 7.91.